The third kappa shape index (κ3) is 4.84. The highest BCUT2D eigenvalue weighted by Crippen LogP contribution is 2.41. The topological polar surface area (TPSA) is 84.8 Å². The molecule has 7 nitrogen and oxygen atoms in total. The zero-order valence-electron chi connectivity index (χ0n) is 20.3. The quantitative estimate of drug-likeness (QED) is 0.309. The monoisotopic (exact) mass is 542 g/mol. The Balaban J connectivity index is 1.47. The number of ether oxygens (including phenoxy) is 1. The number of pyridine rings is 1. The number of aromatic nitrogens is 1. The van der Waals surface area contributed by atoms with Crippen LogP contribution in [0.3, 0.4) is 0 Å². The molecule has 1 atom stereocenters. The number of carbonyl (C=O) groups is 1. The van der Waals surface area contributed by atoms with Crippen LogP contribution in [0.25, 0.3) is 22.1 Å². The molecule has 1 aliphatic rings. The van der Waals surface area contributed by atoms with Crippen LogP contribution in [0.4, 0.5) is 10.2 Å². The maximum absolute atomic E-state index is 14.1. The smallest absolute Gasteiger partial charge is 0.253 e. The molecule has 0 saturated carbocycles. The molecule has 2 aromatic heterocycles. The van der Waals surface area contributed by atoms with Gasteiger partial charge in [0.1, 0.15) is 11.9 Å². The summed E-state index contributed by atoms with van der Waals surface area (Å²) in [7, 11) is 2.05. The van der Waals surface area contributed by atoms with Crippen LogP contribution in [0.2, 0.25) is 10.0 Å². The van der Waals surface area contributed by atoms with Gasteiger partial charge in [-0.3, -0.25) is 4.79 Å². The predicted octanol–water partition coefficient (Wildman–Crippen LogP) is 6.05. The van der Waals surface area contributed by atoms with Gasteiger partial charge < -0.3 is 24.7 Å². The van der Waals surface area contributed by atoms with Crippen molar-refractivity contribution in [1.82, 2.24) is 14.8 Å². The summed E-state index contributed by atoms with van der Waals surface area (Å²) < 4.78 is 26.0. The van der Waals surface area contributed by atoms with Gasteiger partial charge in [0.2, 0.25) is 5.75 Å². The van der Waals surface area contributed by atoms with E-state index in [9.17, 15) is 9.18 Å². The number of benzene rings is 2. The van der Waals surface area contributed by atoms with Crippen LogP contribution >= 0.6 is 23.2 Å². The van der Waals surface area contributed by atoms with E-state index in [0.29, 0.717) is 35.2 Å². The molecule has 1 fully saturated rings. The van der Waals surface area contributed by atoms with Gasteiger partial charge in [-0.25, -0.2) is 9.37 Å². The van der Waals surface area contributed by atoms with Gasteiger partial charge in [0, 0.05) is 54.1 Å². The van der Waals surface area contributed by atoms with Crippen molar-refractivity contribution in [2.45, 2.75) is 13.0 Å². The van der Waals surface area contributed by atoms with E-state index in [-0.39, 0.29) is 27.5 Å². The van der Waals surface area contributed by atoms with Crippen molar-refractivity contribution in [3.05, 3.63) is 75.8 Å². The van der Waals surface area contributed by atoms with Crippen molar-refractivity contribution in [3.8, 4) is 16.9 Å². The van der Waals surface area contributed by atoms with Gasteiger partial charge in [-0.2, -0.15) is 0 Å². The number of piperazine rings is 1. The second-order valence-electron chi connectivity index (χ2n) is 9.06. The zero-order valence-corrected chi connectivity index (χ0v) is 21.8. The summed E-state index contributed by atoms with van der Waals surface area (Å²) in [6, 6.07) is 10.0. The number of anilines is 1. The molecule has 0 radical (unpaired) electrons. The molecule has 0 spiro atoms. The number of likely N-dealkylation sites (N-methyl/N-ethyl adjacent to an activating group) is 1. The van der Waals surface area contributed by atoms with E-state index >= 15 is 0 Å². The minimum absolute atomic E-state index is 0.00758. The molecule has 0 unspecified atom stereocenters. The summed E-state index contributed by atoms with van der Waals surface area (Å²) in [5.74, 6) is -0.320. The maximum Gasteiger partial charge on any atom is 0.253 e. The van der Waals surface area contributed by atoms with Crippen molar-refractivity contribution < 1.29 is 18.3 Å². The molecular weight excluding hydrogens is 518 g/mol. The molecule has 1 amide bonds. The van der Waals surface area contributed by atoms with Crippen molar-refractivity contribution in [2.75, 3.05) is 39.0 Å². The molecule has 37 heavy (non-hydrogen) atoms. The van der Waals surface area contributed by atoms with Crippen molar-refractivity contribution in [3.63, 3.8) is 0 Å². The predicted molar refractivity (Wildman–Crippen MR) is 143 cm³/mol. The number of hydrogen-bond acceptors (Lipinski definition) is 6. The summed E-state index contributed by atoms with van der Waals surface area (Å²) in [5.41, 5.74) is 8.92. The number of nitrogens with two attached hydrogens (primary N) is 1. The number of hydrogen-bond donors (Lipinski definition) is 1. The van der Waals surface area contributed by atoms with E-state index < -0.39 is 11.9 Å². The number of furan rings is 1. The first kappa shape index (κ1) is 25.3. The van der Waals surface area contributed by atoms with Crippen LogP contribution in [0, 0.1) is 5.82 Å². The molecule has 192 valence electrons. The average Bonchev–Trinajstić information content (AvgIpc) is 3.33. The van der Waals surface area contributed by atoms with E-state index in [0.717, 1.165) is 24.2 Å². The van der Waals surface area contributed by atoms with Gasteiger partial charge in [0.15, 0.2) is 11.4 Å². The van der Waals surface area contributed by atoms with Gasteiger partial charge in [0.25, 0.3) is 5.91 Å². The number of carbonyl (C=O) groups excluding carboxylic acids is 1. The minimum Gasteiger partial charge on any atom is -0.478 e. The van der Waals surface area contributed by atoms with E-state index in [1.54, 1.807) is 19.4 Å². The molecule has 10 heteroatoms. The fraction of sp³-hybridized carbons (Fsp3) is 0.259. The molecular formula is C27H25Cl2FN4O3. The lowest BCUT2D eigenvalue weighted by atomic mass is 10.0. The Morgan fingerprint density at radius 1 is 1.19 bits per heavy atom. The molecule has 1 aliphatic heterocycles. The molecule has 0 bridgehead atoms. The number of halogens is 3. The van der Waals surface area contributed by atoms with E-state index in [1.165, 1.54) is 12.1 Å². The second-order valence-corrected chi connectivity index (χ2v) is 9.84. The van der Waals surface area contributed by atoms with Crippen LogP contribution in [-0.4, -0.2) is 53.9 Å². The average molecular weight is 543 g/mol. The van der Waals surface area contributed by atoms with Crippen molar-refractivity contribution >= 4 is 45.9 Å². The molecule has 0 aliphatic carbocycles. The van der Waals surface area contributed by atoms with Gasteiger partial charge >= 0.3 is 0 Å². The normalized spacial score (nSPS) is 15.2. The third-order valence-electron chi connectivity index (χ3n) is 6.59. The summed E-state index contributed by atoms with van der Waals surface area (Å²) in [5, 5.41) is 0.789. The van der Waals surface area contributed by atoms with Crippen LogP contribution in [0.1, 0.15) is 28.9 Å². The standard InChI is InChI=1S/C27H25Cl2FN4O3/c1-15(22-20(28)6-7-21(30)23(22)29)37-25-24-18(13-32-26(25)31)19(14-36-24)16-4-3-5-17(12-16)27(35)34-10-8-33(2)9-11-34/h3-7,12-15H,8-11H2,1-2H3,(H2,31,32)/t15-/m1/s1. The molecule has 2 N–H and O–H groups in total. The minimum atomic E-state index is -0.747. The number of nitrogens with zero attached hydrogens (tertiary/aromatic N) is 3. The van der Waals surface area contributed by atoms with Gasteiger partial charge in [-0.1, -0.05) is 35.3 Å². The Hall–Kier alpha value is -3.33. The van der Waals surface area contributed by atoms with Crippen LogP contribution < -0.4 is 10.5 Å². The lowest BCUT2D eigenvalue weighted by Gasteiger charge is -2.32. The Morgan fingerprint density at radius 2 is 1.95 bits per heavy atom. The van der Waals surface area contributed by atoms with E-state index in [4.69, 9.17) is 38.1 Å². The van der Waals surface area contributed by atoms with Crippen LogP contribution in [0.15, 0.2) is 53.3 Å². The summed E-state index contributed by atoms with van der Waals surface area (Å²) in [6.07, 6.45) is 2.42. The van der Waals surface area contributed by atoms with Crippen molar-refractivity contribution in [2.24, 2.45) is 0 Å². The largest absolute Gasteiger partial charge is 0.478 e. The fourth-order valence-electron chi connectivity index (χ4n) is 4.48. The van der Waals surface area contributed by atoms with Gasteiger partial charge in [0.05, 0.1) is 16.7 Å². The fourth-order valence-corrected chi connectivity index (χ4v) is 5.16. The summed E-state index contributed by atoms with van der Waals surface area (Å²) in [6.45, 7) is 4.75. The number of rotatable bonds is 5. The highest BCUT2D eigenvalue weighted by Gasteiger charge is 2.24. The first-order chi connectivity index (χ1) is 17.7. The third-order valence-corrected chi connectivity index (χ3v) is 7.31. The zero-order chi connectivity index (χ0) is 26.3. The molecule has 2 aromatic carbocycles. The number of amides is 1. The van der Waals surface area contributed by atoms with Crippen LogP contribution in [-0.2, 0) is 0 Å². The maximum atomic E-state index is 14.1. The summed E-state index contributed by atoms with van der Waals surface area (Å²) in [4.78, 5) is 21.5. The first-order valence-corrected chi connectivity index (χ1v) is 12.5. The molecule has 1 saturated heterocycles. The molecule has 5 rings (SSSR count). The lowest BCUT2D eigenvalue weighted by Crippen LogP contribution is -2.47. The SMILES string of the molecule is C[C@@H](Oc1c(N)ncc2c(-c3cccc(C(=O)N4CCN(C)CC4)c3)coc12)c1c(Cl)ccc(F)c1Cl. The number of fused-ring (bicyclic) bond motifs is 1. The lowest BCUT2D eigenvalue weighted by molar-refractivity contribution is 0.0664. The highest BCUT2D eigenvalue weighted by molar-refractivity contribution is 6.36. The highest BCUT2D eigenvalue weighted by atomic mass is 35.5. The Labute approximate surface area is 223 Å². The Bertz CT molecular complexity index is 1480. The van der Waals surface area contributed by atoms with E-state index in [2.05, 4.69) is 9.88 Å². The first-order valence-electron chi connectivity index (χ1n) is 11.8. The Kier molecular flexibility index (Phi) is 6.98. The van der Waals surface area contributed by atoms with Gasteiger partial charge in [-0.05, 0) is 43.8 Å². The van der Waals surface area contributed by atoms with E-state index in [1.807, 2.05) is 36.2 Å². The summed E-state index contributed by atoms with van der Waals surface area (Å²) >= 11 is 12.4. The van der Waals surface area contributed by atoms with Crippen LogP contribution in [0.5, 0.6) is 5.75 Å². The molecule has 4 aromatic rings. The van der Waals surface area contributed by atoms with Crippen molar-refractivity contribution in [1.29, 1.82) is 0 Å². The number of nitrogen functional groups attached to an aromatic ring is 1. The second kappa shape index (κ2) is 10.2. The molecule has 3 heterocycles. The Morgan fingerprint density at radius 3 is 2.70 bits per heavy atom. The van der Waals surface area contributed by atoms with Gasteiger partial charge in [-0.15, -0.1) is 0 Å².